The van der Waals surface area contributed by atoms with E-state index in [1.807, 2.05) is 6.07 Å². The molecule has 0 aromatic heterocycles. The second-order valence-electron chi connectivity index (χ2n) is 6.58. The molecule has 0 bridgehead atoms. The van der Waals surface area contributed by atoms with E-state index in [4.69, 9.17) is 27.9 Å². The molecule has 0 heterocycles. The first-order chi connectivity index (χ1) is 12.7. The van der Waals surface area contributed by atoms with Crippen molar-refractivity contribution in [3.05, 3.63) is 65.7 Å². The first-order valence-electron chi connectivity index (χ1n) is 8.28. The highest BCUT2D eigenvalue weighted by molar-refractivity contribution is 6.53. The number of halogens is 2. The third-order valence-electron chi connectivity index (χ3n) is 4.52. The molecule has 0 saturated heterocycles. The molecule has 1 unspecified atom stereocenters. The van der Waals surface area contributed by atoms with Crippen LogP contribution >= 0.6 is 23.2 Å². The number of ketones is 1. The molecule has 2 aromatic carbocycles. The molecule has 7 heteroatoms. The van der Waals surface area contributed by atoms with E-state index in [0.29, 0.717) is 16.8 Å². The van der Waals surface area contributed by atoms with Crippen LogP contribution in [0.25, 0.3) is 0 Å². The van der Waals surface area contributed by atoms with Crippen molar-refractivity contribution < 1.29 is 19.1 Å². The van der Waals surface area contributed by atoms with Crippen LogP contribution in [-0.2, 0) is 14.3 Å². The quantitative estimate of drug-likeness (QED) is 0.448. The summed E-state index contributed by atoms with van der Waals surface area (Å²) in [5.41, 5.74) is 0.192. The molecule has 1 amide bonds. The predicted octanol–water partition coefficient (Wildman–Crippen LogP) is 3.98. The highest BCUT2D eigenvalue weighted by atomic mass is 35.5. The fraction of sp³-hybridized carbons (Fsp3) is 0.250. The number of ether oxygens (including phenoxy) is 1. The number of amides is 1. The molecule has 3 rings (SSSR count). The zero-order valence-electron chi connectivity index (χ0n) is 14.5. The number of benzene rings is 2. The summed E-state index contributed by atoms with van der Waals surface area (Å²) in [7, 11) is 0. The largest absolute Gasteiger partial charge is 0.455 e. The number of para-hydroxylation sites is 1. The highest BCUT2D eigenvalue weighted by Crippen LogP contribution is 2.64. The Labute approximate surface area is 166 Å². The monoisotopic (exact) mass is 405 g/mol. The van der Waals surface area contributed by atoms with Crippen LogP contribution in [0.1, 0.15) is 29.3 Å². The molecular formula is C20H17Cl2NO4. The number of esters is 1. The van der Waals surface area contributed by atoms with Crippen molar-refractivity contribution in [3.8, 4) is 0 Å². The number of alkyl halides is 2. The number of anilines is 1. The summed E-state index contributed by atoms with van der Waals surface area (Å²) in [6.45, 7) is 1.09. The van der Waals surface area contributed by atoms with Crippen LogP contribution in [0.2, 0.25) is 0 Å². The van der Waals surface area contributed by atoms with Crippen LogP contribution < -0.4 is 5.32 Å². The lowest BCUT2D eigenvalue weighted by Crippen LogP contribution is -2.27. The van der Waals surface area contributed by atoms with Gasteiger partial charge in [0, 0.05) is 17.5 Å². The topological polar surface area (TPSA) is 72.5 Å². The van der Waals surface area contributed by atoms with Gasteiger partial charge in [-0.2, -0.15) is 0 Å². The van der Waals surface area contributed by atoms with Gasteiger partial charge in [-0.1, -0.05) is 42.5 Å². The maximum Gasteiger partial charge on any atom is 0.315 e. The lowest BCUT2D eigenvalue weighted by atomic mass is 10.0. The predicted molar refractivity (Wildman–Crippen MR) is 103 cm³/mol. The van der Waals surface area contributed by atoms with Crippen molar-refractivity contribution in [2.45, 2.75) is 17.7 Å². The minimum Gasteiger partial charge on any atom is -0.455 e. The molecule has 0 spiro atoms. The summed E-state index contributed by atoms with van der Waals surface area (Å²) in [6.07, 6.45) is 0.276. The maximum atomic E-state index is 12.7. The van der Waals surface area contributed by atoms with Crippen LogP contribution in [0.3, 0.4) is 0 Å². The standard InChI is InChI=1S/C20H17Cl2NO4/c1-19(12-20(19,21)22)18(26)27-11-16(24)23-15-10-6-5-9-14(15)17(25)13-7-3-2-4-8-13/h2-10H,11-12H2,1H3,(H,23,24). The second kappa shape index (κ2) is 7.33. The number of hydrogen-bond acceptors (Lipinski definition) is 4. The third kappa shape index (κ3) is 3.99. The molecule has 0 radical (unpaired) electrons. The van der Waals surface area contributed by atoms with Crippen molar-refractivity contribution in [2.24, 2.45) is 5.41 Å². The number of carbonyl (C=O) groups excluding carboxylic acids is 3. The number of rotatable bonds is 6. The van der Waals surface area contributed by atoms with Gasteiger partial charge >= 0.3 is 5.97 Å². The smallest absolute Gasteiger partial charge is 0.315 e. The Bertz CT molecular complexity index is 898. The van der Waals surface area contributed by atoms with E-state index < -0.39 is 28.2 Å². The molecule has 1 aliphatic carbocycles. The van der Waals surface area contributed by atoms with Gasteiger partial charge in [-0.15, -0.1) is 23.2 Å². The van der Waals surface area contributed by atoms with Crippen LogP contribution in [-0.4, -0.2) is 28.6 Å². The van der Waals surface area contributed by atoms with Gasteiger partial charge in [0.1, 0.15) is 9.75 Å². The van der Waals surface area contributed by atoms with Gasteiger partial charge in [-0.05, 0) is 19.1 Å². The van der Waals surface area contributed by atoms with E-state index in [1.54, 1.807) is 55.5 Å². The molecule has 5 nitrogen and oxygen atoms in total. The van der Waals surface area contributed by atoms with Gasteiger partial charge in [0.05, 0.1) is 5.69 Å². The van der Waals surface area contributed by atoms with E-state index in [-0.39, 0.29) is 12.2 Å². The van der Waals surface area contributed by atoms with E-state index in [0.717, 1.165) is 0 Å². The molecule has 140 valence electrons. The average molecular weight is 406 g/mol. The van der Waals surface area contributed by atoms with E-state index in [2.05, 4.69) is 5.32 Å². The molecule has 1 atom stereocenters. The Morgan fingerprint density at radius 1 is 1.04 bits per heavy atom. The molecular weight excluding hydrogens is 389 g/mol. The van der Waals surface area contributed by atoms with Crippen LogP contribution in [0.5, 0.6) is 0 Å². The third-order valence-corrected chi connectivity index (χ3v) is 5.63. The molecule has 1 N–H and O–H groups in total. The first kappa shape index (κ1) is 19.4. The van der Waals surface area contributed by atoms with Crippen LogP contribution in [0.15, 0.2) is 54.6 Å². The number of nitrogens with one attached hydrogen (secondary N) is 1. The van der Waals surface area contributed by atoms with Crippen molar-refractivity contribution in [2.75, 3.05) is 11.9 Å². The fourth-order valence-corrected chi connectivity index (χ4v) is 3.32. The molecule has 2 aromatic rings. The van der Waals surface area contributed by atoms with Gasteiger partial charge in [0.25, 0.3) is 5.91 Å². The minimum atomic E-state index is -1.16. The summed E-state index contributed by atoms with van der Waals surface area (Å²) in [6, 6.07) is 15.4. The zero-order chi connectivity index (χ0) is 19.7. The lowest BCUT2D eigenvalue weighted by Gasteiger charge is -2.13. The average Bonchev–Trinajstić information content (AvgIpc) is 3.19. The Morgan fingerprint density at radius 2 is 1.63 bits per heavy atom. The van der Waals surface area contributed by atoms with Crippen molar-refractivity contribution in [1.29, 1.82) is 0 Å². The summed E-state index contributed by atoms with van der Waals surface area (Å²) in [4.78, 5) is 36.9. The fourth-order valence-electron chi connectivity index (χ4n) is 2.63. The number of hydrogen-bond donors (Lipinski definition) is 1. The van der Waals surface area contributed by atoms with Gasteiger partial charge in [-0.3, -0.25) is 14.4 Å². The summed E-state index contributed by atoms with van der Waals surface area (Å²) in [5, 5.41) is 2.61. The Morgan fingerprint density at radius 3 is 2.26 bits per heavy atom. The van der Waals surface area contributed by atoms with E-state index >= 15 is 0 Å². The Kier molecular flexibility index (Phi) is 5.27. The van der Waals surface area contributed by atoms with E-state index in [9.17, 15) is 14.4 Å². The van der Waals surface area contributed by atoms with Gasteiger partial charge < -0.3 is 10.1 Å². The number of carbonyl (C=O) groups is 3. The first-order valence-corrected chi connectivity index (χ1v) is 9.04. The lowest BCUT2D eigenvalue weighted by molar-refractivity contribution is -0.152. The Balaban J connectivity index is 1.65. The van der Waals surface area contributed by atoms with Gasteiger partial charge in [-0.25, -0.2) is 0 Å². The molecule has 1 fully saturated rings. The summed E-state index contributed by atoms with van der Waals surface area (Å²) < 4.78 is 3.86. The van der Waals surface area contributed by atoms with Crippen molar-refractivity contribution in [1.82, 2.24) is 0 Å². The second-order valence-corrected chi connectivity index (χ2v) is 8.06. The Hall–Kier alpha value is -2.37. The molecule has 27 heavy (non-hydrogen) atoms. The summed E-state index contributed by atoms with van der Waals surface area (Å²) in [5.74, 6) is -1.41. The van der Waals surface area contributed by atoms with Crippen LogP contribution in [0, 0.1) is 5.41 Å². The molecule has 1 saturated carbocycles. The SMILES string of the molecule is CC1(C(=O)OCC(=O)Nc2ccccc2C(=O)c2ccccc2)CC1(Cl)Cl. The van der Waals surface area contributed by atoms with Crippen LogP contribution in [0.4, 0.5) is 5.69 Å². The van der Waals surface area contributed by atoms with Gasteiger partial charge in [0.2, 0.25) is 0 Å². The normalized spacial score (nSPS) is 19.8. The summed E-state index contributed by atoms with van der Waals surface area (Å²) >= 11 is 11.9. The maximum absolute atomic E-state index is 12.7. The van der Waals surface area contributed by atoms with Crippen molar-refractivity contribution in [3.63, 3.8) is 0 Å². The zero-order valence-corrected chi connectivity index (χ0v) is 16.0. The highest BCUT2D eigenvalue weighted by Gasteiger charge is 2.69. The molecule has 1 aliphatic rings. The molecule has 0 aliphatic heterocycles. The van der Waals surface area contributed by atoms with E-state index in [1.165, 1.54) is 0 Å². The van der Waals surface area contributed by atoms with Gasteiger partial charge in [0.15, 0.2) is 12.4 Å². The minimum absolute atomic E-state index is 0.219. The van der Waals surface area contributed by atoms with Crippen molar-refractivity contribution >= 4 is 46.5 Å².